The Kier molecular flexibility index (Phi) is 5.00. The van der Waals surface area contributed by atoms with Crippen LogP contribution in [0.5, 0.6) is 0 Å². The third kappa shape index (κ3) is 4.15. The molecular weight excluding hydrogens is 282 g/mol. The number of hydrogen-bond donors (Lipinski definition) is 1. The van der Waals surface area contributed by atoms with Gasteiger partial charge in [0.1, 0.15) is 5.60 Å². The van der Waals surface area contributed by atoms with Crippen LogP contribution >= 0.6 is 0 Å². The number of hydrogen-bond acceptors (Lipinski definition) is 2. The molecule has 23 heavy (non-hydrogen) atoms. The van der Waals surface area contributed by atoms with Gasteiger partial charge in [0, 0.05) is 11.4 Å². The van der Waals surface area contributed by atoms with Crippen molar-refractivity contribution in [3.05, 3.63) is 60.7 Å². The van der Waals surface area contributed by atoms with Crippen LogP contribution in [0.15, 0.2) is 60.7 Å². The van der Waals surface area contributed by atoms with Gasteiger partial charge in [0.05, 0.1) is 6.54 Å². The maximum atomic E-state index is 10.5. The zero-order valence-electron chi connectivity index (χ0n) is 13.4. The second kappa shape index (κ2) is 7.35. The molecule has 1 fully saturated rings. The molecule has 2 heteroatoms. The standard InChI is InChI=1S/C21H23NO/c23-21(15-8-3-9-16-21)17-10-18-22(19-11-4-1-5-12-19)20-13-6-2-7-14-20/h1-2,4-7,11-14,23H,3,8-9,15-16,18H2. The first-order chi connectivity index (χ1) is 11.3. The lowest BCUT2D eigenvalue weighted by molar-refractivity contribution is 0.0609. The molecule has 1 aliphatic carbocycles. The highest BCUT2D eigenvalue weighted by Crippen LogP contribution is 2.28. The van der Waals surface area contributed by atoms with Crippen LogP contribution in [0, 0.1) is 11.8 Å². The number of para-hydroxylation sites is 2. The average Bonchev–Trinajstić information content (AvgIpc) is 2.61. The van der Waals surface area contributed by atoms with Gasteiger partial charge in [-0.1, -0.05) is 54.7 Å². The average molecular weight is 305 g/mol. The Morgan fingerprint density at radius 1 is 0.826 bits per heavy atom. The van der Waals surface area contributed by atoms with Gasteiger partial charge in [0.15, 0.2) is 0 Å². The van der Waals surface area contributed by atoms with Crippen LogP contribution in [-0.2, 0) is 0 Å². The second-order valence-corrected chi connectivity index (χ2v) is 6.15. The largest absolute Gasteiger partial charge is 0.378 e. The number of nitrogens with zero attached hydrogens (tertiary/aromatic N) is 1. The molecule has 0 spiro atoms. The molecule has 0 atom stereocenters. The fourth-order valence-electron chi connectivity index (χ4n) is 3.09. The summed E-state index contributed by atoms with van der Waals surface area (Å²) in [6.45, 7) is 0.580. The highest BCUT2D eigenvalue weighted by atomic mass is 16.3. The van der Waals surface area contributed by atoms with Crippen molar-refractivity contribution in [3.63, 3.8) is 0 Å². The van der Waals surface area contributed by atoms with Gasteiger partial charge in [0.25, 0.3) is 0 Å². The molecule has 0 aromatic heterocycles. The van der Waals surface area contributed by atoms with Crippen LogP contribution in [0.2, 0.25) is 0 Å². The van der Waals surface area contributed by atoms with Gasteiger partial charge in [0.2, 0.25) is 0 Å². The third-order valence-corrected chi connectivity index (χ3v) is 4.37. The molecule has 2 nitrogen and oxygen atoms in total. The molecule has 0 radical (unpaired) electrons. The van der Waals surface area contributed by atoms with Gasteiger partial charge in [-0.05, 0) is 49.9 Å². The molecular formula is C21H23NO. The molecule has 118 valence electrons. The fraction of sp³-hybridized carbons (Fsp3) is 0.333. The van der Waals surface area contributed by atoms with E-state index < -0.39 is 5.60 Å². The van der Waals surface area contributed by atoms with E-state index in [4.69, 9.17) is 0 Å². The van der Waals surface area contributed by atoms with Gasteiger partial charge >= 0.3 is 0 Å². The van der Waals surface area contributed by atoms with Crippen molar-refractivity contribution in [2.75, 3.05) is 11.4 Å². The lowest BCUT2D eigenvalue weighted by Gasteiger charge is -2.27. The molecule has 1 saturated carbocycles. The Morgan fingerprint density at radius 3 is 1.87 bits per heavy atom. The minimum atomic E-state index is -0.780. The quantitative estimate of drug-likeness (QED) is 0.843. The summed E-state index contributed by atoms with van der Waals surface area (Å²) in [5.41, 5.74) is 1.45. The van der Waals surface area contributed by atoms with Crippen molar-refractivity contribution >= 4 is 11.4 Å². The van der Waals surface area contributed by atoms with E-state index in [1.165, 1.54) is 6.42 Å². The Balaban J connectivity index is 1.80. The van der Waals surface area contributed by atoms with Gasteiger partial charge in [-0.2, -0.15) is 0 Å². The fourth-order valence-corrected chi connectivity index (χ4v) is 3.09. The summed E-state index contributed by atoms with van der Waals surface area (Å²) in [5, 5.41) is 10.5. The molecule has 2 aromatic rings. The zero-order chi connectivity index (χ0) is 16.0. The SMILES string of the molecule is OC1(C#CCN(c2ccccc2)c2ccccc2)CCCCC1. The van der Waals surface area contributed by atoms with Gasteiger partial charge < -0.3 is 10.0 Å². The van der Waals surface area contributed by atoms with Crippen molar-refractivity contribution in [3.8, 4) is 11.8 Å². The van der Waals surface area contributed by atoms with Crippen LogP contribution in [0.4, 0.5) is 11.4 Å². The molecule has 1 aliphatic rings. The van der Waals surface area contributed by atoms with Gasteiger partial charge in [-0.15, -0.1) is 0 Å². The van der Waals surface area contributed by atoms with Crippen LogP contribution in [0.3, 0.4) is 0 Å². The minimum Gasteiger partial charge on any atom is -0.378 e. The Morgan fingerprint density at radius 2 is 1.35 bits per heavy atom. The zero-order valence-corrected chi connectivity index (χ0v) is 13.4. The van der Waals surface area contributed by atoms with Crippen LogP contribution in [0.1, 0.15) is 32.1 Å². The maximum Gasteiger partial charge on any atom is 0.125 e. The van der Waals surface area contributed by atoms with E-state index in [1.54, 1.807) is 0 Å². The molecule has 3 rings (SSSR count). The lowest BCUT2D eigenvalue weighted by Crippen LogP contribution is -2.29. The predicted octanol–water partition coefficient (Wildman–Crippen LogP) is 4.52. The molecule has 0 aliphatic heterocycles. The molecule has 0 heterocycles. The summed E-state index contributed by atoms with van der Waals surface area (Å²) in [4.78, 5) is 2.18. The molecule has 0 saturated heterocycles. The monoisotopic (exact) mass is 305 g/mol. The van der Waals surface area contributed by atoms with E-state index in [0.717, 1.165) is 37.1 Å². The third-order valence-electron chi connectivity index (χ3n) is 4.37. The summed E-state index contributed by atoms with van der Waals surface area (Å²) in [6.07, 6.45) is 4.97. The van der Waals surface area contributed by atoms with E-state index in [2.05, 4.69) is 41.0 Å². The van der Waals surface area contributed by atoms with E-state index in [-0.39, 0.29) is 0 Å². The normalized spacial score (nSPS) is 16.2. The number of benzene rings is 2. The number of aliphatic hydroxyl groups is 1. The summed E-state index contributed by atoms with van der Waals surface area (Å²) >= 11 is 0. The van der Waals surface area contributed by atoms with Crippen LogP contribution < -0.4 is 4.90 Å². The van der Waals surface area contributed by atoms with Gasteiger partial charge in [-0.3, -0.25) is 0 Å². The number of anilines is 2. The summed E-state index contributed by atoms with van der Waals surface area (Å²) in [7, 11) is 0. The highest BCUT2D eigenvalue weighted by molar-refractivity contribution is 5.63. The van der Waals surface area contributed by atoms with Crippen molar-refractivity contribution in [1.82, 2.24) is 0 Å². The molecule has 0 amide bonds. The summed E-state index contributed by atoms with van der Waals surface area (Å²) in [5.74, 6) is 6.35. The second-order valence-electron chi connectivity index (χ2n) is 6.15. The van der Waals surface area contributed by atoms with Gasteiger partial charge in [-0.25, -0.2) is 0 Å². The number of rotatable bonds is 3. The molecule has 0 bridgehead atoms. The first-order valence-corrected chi connectivity index (χ1v) is 8.37. The van der Waals surface area contributed by atoms with E-state index in [9.17, 15) is 5.11 Å². The van der Waals surface area contributed by atoms with E-state index in [0.29, 0.717) is 6.54 Å². The van der Waals surface area contributed by atoms with Crippen molar-refractivity contribution < 1.29 is 5.11 Å². The maximum absolute atomic E-state index is 10.5. The Hall–Kier alpha value is -2.24. The van der Waals surface area contributed by atoms with Crippen molar-refractivity contribution in [2.24, 2.45) is 0 Å². The minimum absolute atomic E-state index is 0.580. The predicted molar refractivity (Wildman–Crippen MR) is 95.7 cm³/mol. The molecule has 1 N–H and O–H groups in total. The Bertz CT molecular complexity index is 624. The highest BCUT2D eigenvalue weighted by Gasteiger charge is 2.26. The van der Waals surface area contributed by atoms with Crippen LogP contribution in [-0.4, -0.2) is 17.3 Å². The van der Waals surface area contributed by atoms with E-state index in [1.807, 2.05) is 36.4 Å². The van der Waals surface area contributed by atoms with Crippen LogP contribution in [0.25, 0.3) is 0 Å². The first kappa shape index (κ1) is 15.6. The summed E-state index contributed by atoms with van der Waals surface area (Å²) < 4.78 is 0. The summed E-state index contributed by atoms with van der Waals surface area (Å²) in [6, 6.07) is 20.5. The molecule has 2 aromatic carbocycles. The van der Waals surface area contributed by atoms with Crippen molar-refractivity contribution in [1.29, 1.82) is 0 Å². The van der Waals surface area contributed by atoms with Crippen molar-refractivity contribution in [2.45, 2.75) is 37.7 Å². The van der Waals surface area contributed by atoms with E-state index >= 15 is 0 Å². The smallest absolute Gasteiger partial charge is 0.125 e. The first-order valence-electron chi connectivity index (χ1n) is 8.37. The lowest BCUT2D eigenvalue weighted by atomic mass is 9.85. The molecule has 0 unspecified atom stereocenters. The Labute approximate surface area is 138 Å². The topological polar surface area (TPSA) is 23.5 Å².